The van der Waals surface area contributed by atoms with E-state index in [-0.39, 0.29) is 0 Å². The number of hydrogen-bond acceptors (Lipinski definition) is 3. The molecule has 0 aromatic rings. The van der Waals surface area contributed by atoms with Crippen molar-refractivity contribution in [2.75, 3.05) is 39.2 Å². The topological polar surface area (TPSA) is 15.3 Å². The summed E-state index contributed by atoms with van der Waals surface area (Å²) in [6.45, 7) is 4.82. The molecule has 0 aliphatic heterocycles. The molecule has 0 saturated heterocycles. The van der Waals surface area contributed by atoms with E-state index in [4.69, 9.17) is 0 Å². The maximum atomic E-state index is 3.55. The van der Waals surface area contributed by atoms with Gasteiger partial charge in [-0.1, -0.05) is 19.8 Å². The summed E-state index contributed by atoms with van der Waals surface area (Å²) in [5.74, 6) is 3.09. The van der Waals surface area contributed by atoms with Crippen molar-refractivity contribution in [2.45, 2.75) is 45.1 Å². The molecule has 108 valence electrons. The second-order valence-electron chi connectivity index (χ2n) is 5.88. The molecule has 0 heterocycles. The van der Waals surface area contributed by atoms with E-state index >= 15 is 0 Å². The Balaban J connectivity index is 2.41. The van der Waals surface area contributed by atoms with Gasteiger partial charge in [-0.15, -0.1) is 0 Å². The van der Waals surface area contributed by atoms with Gasteiger partial charge in [0.2, 0.25) is 0 Å². The van der Waals surface area contributed by atoms with Crippen molar-refractivity contribution in [2.24, 2.45) is 11.8 Å². The van der Waals surface area contributed by atoms with Crippen LogP contribution in [-0.4, -0.2) is 50.1 Å². The van der Waals surface area contributed by atoms with Crippen molar-refractivity contribution in [3.05, 3.63) is 0 Å². The Morgan fingerprint density at radius 1 is 1.33 bits per heavy atom. The molecule has 1 fully saturated rings. The van der Waals surface area contributed by atoms with Gasteiger partial charge in [-0.3, -0.25) is 0 Å². The van der Waals surface area contributed by atoms with Gasteiger partial charge in [-0.05, 0) is 51.4 Å². The van der Waals surface area contributed by atoms with Crippen LogP contribution in [0, 0.1) is 11.8 Å². The third-order valence-electron chi connectivity index (χ3n) is 4.38. The molecule has 1 N–H and O–H groups in total. The standard InChI is InChI=1S/C15H32N2S/c1-5-6-13-7-8-15(16-2)14(11-13)12-17(3)9-10-18-4/h13-16H,5-12H2,1-4H3. The van der Waals surface area contributed by atoms with Crippen molar-refractivity contribution in [3.8, 4) is 0 Å². The third-order valence-corrected chi connectivity index (χ3v) is 4.97. The van der Waals surface area contributed by atoms with Gasteiger partial charge in [0.1, 0.15) is 0 Å². The van der Waals surface area contributed by atoms with Crippen LogP contribution in [0.1, 0.15) is 39.0 Å². The van der Waals surface area contributed by atoms with E-state index in [0.29, 0.717) is 0 Å². The van der Waals surface area contributed by atoms with Gasteiger partial charge in [0, 0.05) is 24.9 Å². The second kappa shape index (κ2) is 9.22. The lowest BCUT2D eigenvalue weighted by Gasteiger charge is -2.38. The molecule has 0 aromatic heterocycles. The van der Waals surface area contributed by atoms with Crippen molar-refractivity contribution >= 4 is 11.8 Å². The molecule has 1 saturated carbocycles. The molecule has 1 aliphatic rings. The van der Waals surface area contributed by atoms with Crippen LogP contribution in [0.4, 0.5) is 0 Å². The Hall–Kier alpha value is 0.270. The Bertz CT molecular complexity index is 211. The average molecular weight is 273 g/mol. The minimum atomic E-state index is 0.745. The molecule has 0 radical (unpaired) electrons. The Morgan fingerprint density at radius 3 is 2.72 bits per heavy atom. The summed E-state index contributed by atoms with van der Waals surface area (Å²) in [4.78, 5) is 2.53. The van der Waals surface area contributed by atoms with Gasteiger partial charge in [0.15, 0.2) is 0 Å². The quantitative estimate of drug-likeness (QED) is 0.731. The van der Waals surface area contributed by atoms with E-state index in [0.717, 1.165) is 17.9 Å². The highest BCUT2D eigenvalue weighted by molar-refractivity contribution is 7.98. The molecule has 1 rings (SSSR count). The molecule has 0 bridgehead atoms. The molecule has 18 heavy (non-hydrogen) atoms. The fraction of sp³-hybridized carbons (Fsp3) is 1.00. The van der Waals surface area contributed by atoms with Gasteiger partial charge in [0.25, 0.3) is 0 Å². The molecule has 3 unspecified atom stereocenters. The SMILES string of the molecule is CCCC1CCC(NC)C(CN(C)CCSC)C1. The van der Waals surface area contributed by atoms with Crippen LogP contribution in [0.5, 0.6) is 0 Å². The largest absolute Gasteiger partial charge is 0.317 e. The first-order valence-electron chi connectivity index (χ1n) is 7.56. The molecular weight excluding hydrogens is 240 g/mol. The van der Waals surface area contributed by atoms with E-state index in [1.807, 2.05) is 11.8 Å². The first kappa shape index (κ1) is 16.3. The highest BCUT2D eigenvalue weighted by atomic mass is 32.2. The first-order chi connectivity index (χ1) is 8.71. The number of nitrogens with zero attached hydrogens (tertiary/aromatic N) is 1. The predicted molar refractivity (Wildman–Crippen MR) is 84.5 cm³/mol. The van der Waals surface area contributed by atoms with Crippen molar-refractivity contribution in [1.82, 2.24) is 10.2 Å². The second-order valence-corrected chi connectivity index (χ2v) is 6.86. The maximum Gasteiger partial charge on any atom is 0.0105 e. The van der Waals surface area contributed by atoms with E-state index < -0.39 is 0 Å². The van der Waals surface area contributed by atoms with Gasteiger partial charge < -0.3 is 10.2 Å². The van der Waals surface area contributed by atoms with Crippen molar-refractivity contribution in [3.63, 3.8) is 0 Å². The zero-order valence-corrected chi connectivity index (χ0v) is 13.6. The molecule has 3 heteroatoms. The van der Waals surface area contributed by atoms with Crippen LogP contribution < -0.4 is 5.32 Å². The molecule has 2 nitrogen and oxygen atoms in total. The lowest BCUT2D eigenvalue weighted by atomic mass is 9.76. The minimum absolute atomic E-state index is 0.745. The first-order valence-corrected chi connectivity index (χ1v) is 8.95. The van der Waals surface area contributed by atoms with Crippen molar-refractivity contribution < 1.29 is 0 Å². The van der Waals surface area contributed by atoms with E-state index in [1.54, 1.807) is 0 Å². The normalized spacial score (nSPS) is 28.8. The van der Waals surface area contributed by atoms with Crippen LogP contribution in [0.25, 0.3) is 0 Å². The summed E-state index contributed by atoms with van der Waals surface area (Å²) < 4.78 is 0. The molecule has 1 aliphatic carbocycles. The van der Waals surface area contributed by atoms with Crippen LogP contribution in [-0.2, 0) is 0 Å². The number of nitrogens with one attached hydrogen (secondary N) is 1. The molecule has 0 spiro atoms. The monoisotopic (exact) mass is 272 g/mol. The summed E-state index contributed by atoms with van der Waals surface area (Å²) in [5.41, 5.74) is 0. The third kappa shape index (κ3) is 5.50. The lowest BCUT2D eigenvalue weighted by molar-refractivity contribution is 0.157. The Labute approximate surface area is 118 Å². The number of hydrogen-bond donors (Lipinski definition) is 1. The van der Waals surface area contributed by atoms with Gasteiger partial charge >= 0.3 is 0 Å². The van der Waals surface area contributed by atoms with Crippen LogP contribution in [0.2, 0.25) is 0 Å². The summed E-state index contributed by atoms with van der Waals surface area (Å²) in [7, 11) is 4.42. The zero-order chi connectivity index (χ0) is 13.4. The Morgan fingerprint density at radius 2 is 2.11 bits per heavy atom. The smallest absolute Gasteiger partial charge is 0.0105 e. The highest BCUT2D eigenvalue weighted by Crippen LogP contribution is 2.32. The summed E-state index contributed by atoms with van der Waals surface area (Å²) in [6, 6.07) is 0.745. The van der Waals surface area contributed by atoms with E-state index in [1.165, 1.54) is 50.9 Å². The molecule has 0 aromatic carbocycles. The van der Waals surface area contributed by atoms with Gasteiger partial charge in [0.05, 0.1) is 0 Å². The van der Waals surface area contributed by atoms with Crippen molar-refractivity contribution in [1.29, 1.82) is 0 Å². The van der Waals surface area contributed by atoms with Gasteiger partial charge in [-0.25, -0.2) is 0 Å². The molecular formula is C15H32N2S. The molecule has 0 amide bonds. The molecule has 3 atom stereocenters. The average Bonchev–Trinajstić information content (AvgIpc) is 2.37. The number of rotatable bonds is 8. The fourth-order valence-electron chi connectivity index (χ4n) is 3.35. The van der Waals surface area contributed by atoms with Gasteiger partial charge in [-0.2, -0.15) is 11.8 Å². The zero-order valence-electron chi connectivity index (χ0n) is 12.7. The highest BCUT2D eigenvalue weighted by Gasteiger charge is 2.29. The summed E-state index contributed by atoms with van der Waals surface area (Å²) in [5, 5.41) is 3.55. The van der Waals surface area contributed by atoms with Crippen LogP contribution >= 0.6 is 11.8 Å². The summed E-state index contributed by atoms with van der Waals surface area (Å²) >= 11 is 1.95. The maximum absolute atomic E-state index is 3.55. The number of thioether (sulfide) groups is 1. The predicted octanol–water partition coefficient (Wildman–Crippen LogP) is 3.09. The van der Waals surface area contributed by atoms with E-state index in [2.05, 4.69) is 37.5 Å². The van der Waals surface area contributed by atoms with E-state index in [9.17, 15) is 0 Å². The van der Waals surface area contributed by atoms with Crippen LogP contribution in [0.3, 0.4) is 0 Å². The lowest BCUT2D eigenvalue weighted by Crippen LogP contribution is -2.44. The summed E-state index contributed by atoms with van der Waals surface area (Å²) in [6.07, 6.45) is 9.23. The fourth-order valence-corrected chi connectivity index (χ4v) is 3.85. The Kier molecular flexibility index (Phi) is 8.36. The van der Waals surface area contributed by atoms with Crippen LogP contribution in [0.15, 0.2) is 0 Å². The minimum Gasteiger partial charge on any atom is -0.317 e.